The van der Waals surface area contributed by atoms with Crippen LogP contribution in [-0.2, 0) is 9.59 Å². The van der Waals surface area contributed by atoms with Gasteiger partial charge in [-0.1, -0.05) is 18.2 Å². The van der Waals surface area contributed by atoms with E-state index in [0.717, 1.165) is 5.56 Å². The molecule has 7 nitrogen and oxygen atoms in total. The van der Waals surface area contributed by atoms with E-state index in [1.54, 1.807) is 19.1 Å². The molecule has 4 N–H and O–H groups in total. The van der Waals surface area contributed by atoms with Crippen molar-refractivity contribution >= 4 is 23.6 Å². The van der Waals surface area contributed by atoms with Gasteiger partial charge >= 0.3 is 12.0 Å². The zero-order valence-corrected chi connectivity index (χ0v) is 12.0. The Bertz CT molecular complexity index is 545. The highest BCUT2D eigenvalue weighted by molar-refractivity contribution is 5.96. The van der Waals surface area contributed by atoms with E-state index in [0.29, 0.717) is 12.2 Å². The molecule has 1 aromatic rings. The van der Waals surface area contributed by atoms with Gasteiger partial charge in [0.05, 0.1) is 6.42 Å². The summed E-state index contributed by atoms with van der Waals surface area (Å²) in [5, 5.41) is 11.3. The monoisotopic (exact) mass is 293 g/mol. The van der Waals surface area contributed by atoms with Crippen LogP contribution in [0.15, 0.2) is 24.3 Å². The molecule has 7 heteroatoms. The lowest BCUT2D eigenvalue weighted by Crippen LogP contribution is -2.49. The number of hydrogen-bond acceptors (Lipinski definition) is 3. The number of nitrogens with two attached hydrogens (primary N) is 1. The number of para-hydroxylation sites is 1. The topological polar surface area (TPSA) is 113 Å². The van der Waals surface area contributed by atoms with Crippen LogP contribution in [-0.4, -0.2) is 35.6 Å². The first-order chi connectivity index (χ1) is 9.86. The van der Waals surface area contributed by atoms with Crippen LogP contribution in [0.1, 0.15) is 18.9 Å². The van der Waals surface area contributed by atoms with Crippen LogP contribution in [0, 0.1) is 6.92 Å². The fourth-order valence-electron chi connectivity index (χ4n) is 1.92. The molecule has 0 aliphatic heterocycles. The zero-order valence-electron chi connectivity index (χ0n) is 12.0. The molecular formula is C14H19N3O4. The number of carbonyl (C=O) groups excluding carboxylic acids is 2. The van der Waals surface area contributed by atoms with Crippen LogP contribution in [0.4, 0.5) is 10.5 Å². The molecule has 3 amide bonds. The second-order valence-electron chi connectivity index (χ2n) is 4.54. The highest BCUT2D eigenvalue weighted by Gasteiger charge is 2.25. The Morgan fingerprint density at radius 3 is 2.43 bits per heavy atom. The lowest BCUT2D eigenvalue weighted by molar-refractivity contribution is -0.140. The summed E-state index contributed by atoms with van der Waals surface area (Å²) in [5.74, 6) is -2.09. The van der Waals surface area contributed by atoms with Crippen LogP contribution in [0.3, 0.4) is 0 Å². The maximum Gasteiger partial charge on any atom is 0.326 e. The molecule has 0 fully saturated rings. The first-order valence-corrected chi connectivity index (χ1v) is 6.51. The number of carbonyl (C=O) groups is 3. The van der Waals surface area contributed by atoms with Crippen molar-refractivity contribution in [1.82, 2.24) is 5.32 Å². The van der Waals surface area contributed by atoms with E-state index in [-0.39, 0.29) is 0 Å². The van der Waals surface area contributed by atoms with E-state index in [4.69, 9.17) is 10.8 Å². The maximum atomic E-state index is 12.2. The Labute approximate surface area is 122 Å². The van der Waals surface area contributed by atoms with Gasteiger partial charge < -0.3 is 16.2 Å². The third-order valence-corrected chi connectivity index (χ3v) is 2.97. The number of nitrogens with one attached hydrogen (secondary N) is 1. The van der Waals surface area contributed by atoms with Gasteiger partial charge in [-0.15, -0.1) is 0 Å². The number of carboxylic acid groups (broad SMARTS) is 1. The minimum absolute atomic E-state index is 0.361. The van der Waals surface area contributed by atoms with Gasteiger partial charge in [0.1, 0.15) is 6.04 Å². The highest BCUT2D eigenvalue weighted by Crippen LogP contribution is 2.19. The molecule has 21 heavy (non-hydrogen) atoms. The Hall–Kier alpha value is -2.57. The zero-order chi connectivity index (χ0) is 16.0. The Morgan fingerprint density at radius 2 is 1.95 bits per heavy atom. The molecule has 1 aromatic carbocycles. The third kappa shape index (κ3) is 4.48. The normalized spacial score (nSPS) is 11.5. The molecule has 0 aliphatic carbocycles. The van der Waals surface area contributed by atoms with E-state index in [1.807, 2.05) is 19.1 Å². The van der Waals surface area contributed by atoms with Crippen molar-refractivity contribution < 1.29 is 19.5 Å². The van der Waals surface area contributed by atoms with Crippen molar-refractivity contribution in [3.63, 3.8) is 0 Å². The number of rotatable bonds is 6. The van der Waals surface area contributed by atoms with Crippen molar-refractivity contribution in [1.29, 1.82) is 0 Å². The predicted octanol–water partition coefficient (Wildman–Crippen LogP) is 0.860. The number of anilines is 1. The molecule has 0 aliphatic rings. The van der Waals surface area contributed by atoms with Crippen molar-refractivity contribution in [2.24, 2.45) is 5.73 Å². The fourth-order valence-corrected chi connectivity index (χ4v) is 1.92. The number of hydrogen-bond donors (Lipinski definition) is 3. The molecule has 1 rings (SSSR count). The van der Waals surface area contributed by atoms with Crippen LogP contribution in [0.5, 0.6) is 0 Å². The third-order valence-electron chi connectivity index (χ3n) is 2.97. The summed E-state index contributed by atoms with van der Waals surface area (Å²) in [6.45, 7) is 3.98. The van der Waals surface area contributed by atoms with Crippen LogP contribution >= 0.6 is 0 Å². The van der Waals surface area contributed by atoms with Gasteiger partial charge in [0, 0.05) is 12.2 Å². The van der Waals surface area contributed by atoms with E-state index in [1.165, 1.54) is 4.90 Å². The smallest absolute Gasteiger partial charge is 0.326 e. The lowest BCUT2D eigenvalue weighted by Gasteiger charge is -2.25. The molecule has 1 atom stereocenters. The van der Waals surface area contributed by atoms with E-state index < -0.39 is 30.4 Å². The Kier molecular flexibility index (Phi) is 5.71. The van der Waals surface area contributed by atoms with Gasteiger partial charge in [-0.05, 0) is 25.5 Å². The molecule has 0 heterocycles. The van der Waals surface area contributed by atoms with Crippen LogP contribution in [0.25, 0.3) is 0 Å². The number of benzene rings is 1. The highest BCUT2D eigenvalue weighted by atomic mass is 16.4. The number of amides is 3. The summed E-state index contributed by atoms with van der Waals surface area (Å²) in [5.41, 5.74) is 6.55. The molecule has 114 valence electrons. The second-order valence-corrected chi connectivity index (χ2v) is 4.54. The fraction of sp³-hybridized carbons (Fsp3) is 0.357. The average molecular weight is 293 g/mol. The van der Waals surface area contributed by atoms with Crippen molar-refractivity contribution in [3.05, 3.63) is 29.8 Å². The first-order valence-electron chi connectivity index (χ1n) is 6.51. The molecule has 0 saturated carbocycles. The van der Waals surface area contributed by atoms with Crippen LogP contribution < -0.4 is 16.0 Å². The van der Waals surface area contributed by atoms with E-state index in [2.05, 4.69) is 5.32 Å². The SMILES string of the molecule is CCN(C(=O)NC(CC(N)=O)C(=O)O)c1ccccc1C. The number of urea groups is 1. The van der Waals surface area contributed by atoms with Crippen LogP contribution in [0.2, 0.25) is 0 Å². The molecule has 0 spiro atoms. The van der Waals surface area contributed by atoms with Gasteiger partial charge in [0.15, 0.2) is 0 Å². The van der Waals surface area contributed by atoms with Gasteiger partial charge in [-0.25, -0.2) is 9.59 Å². The molecule has 0 saturated heterocycles. The summed E-state index contributed by atoms with van der Waals surface area (Å²) in [6.07, 6.45) is -0.452. The number of nitrogens with zero attached hydrogens (tertiary/aromatic N) is 1. The van der Waals surface area contributed by atoms with Crippen molar-refractivity contribution in [3.8, 4) is 0 Å². The minimum Gasteiger partial charge on any atom is -0.480 e. The standard InChI is InChI=1S/C14H19N3O4/c1-3-17(11-7-5-4-6-9(11)2)14(21)16-10(13(19)20)8-12(15)18/h4-7,10H,3,8H2,1-2H3,(H2,15,18)(H,16,21)(H,19,20). The van der Waals surface area contributed by atoms with Gasteiger partial charge in [0.25, 0.3) is 0 Å². The molecule has 0 bridgehead atoms. The molecule has 0 radical (unpaired) electrons. The number of aliphatic carboxylic acids is 1. The Morgan fingerprint density at radius 1 is 1.33 bits per heavy atom. The average Bonchev–Trinajstić information content (AvgIpc) is 2.40. The number of aryl methyl sites for hydroxylation is 1. The second kappa shape index (κ2) is 7.28. The van der Waals surface area contributed by atoms with Crippen molar-refractivity contribution in [2.75, 3.05) is 11.4 Å². The summed E-state index contributed by atoms with van der Waals surface area (Å²) >= 11 is 0. The minimum atomic E-state index is -1.34. The summed E-state index contributed by atoms with van der Waals surface area (Å²) in [7, 11) is 0. The maximum absolute atomic E-state index is 12.2. The quantitative estimate of drug-likeness (QED) is 0.722. The first kappa shape index (κ1) is 16.5. The summed E-state index contributed by atoms with van der Waals surface area (Å²) < 4.78 is 0. The summed E-state index contributed by atoms with van der Waals surface area (Å²) in [6, 6.07) is 5.33. The molecule has 1 unspecified atom stereocenters. The lowest BCUT2D eigenvalue weighted by atomic mass is 10.2. The number of primary amides is 1. The van der Waals surface area contributed by atoms with Crippen molar-refractivity contribution in [2.45, 2.75) is 26.3 Å². The van der Waals surface area contributed by atoms with E-state index in [9.17, 15) is 14.4 Å². The van der Waals surface area contributed by atoms with E-state index >= 15 is 0 Å². The van der Waals surface area contributed by atoms with Gasteiger partial charge in [-0.3, -0.25) is 9.69 Å². The van der Waals surface area contributed by atoms with Gasteiger partial charge in [-0.2, -0.15) is 0 Å². The Balaban J connectivity index is 2.91. The molecular weight excluding hydrogens is 274 g/mol. The summed E-state index contributed by atoms with van der Waals surface area (Å²) in [4.78, 5) is 35.5. The number of carboxylic acids is 1. The largest absolute Gasteiger partial charge is 0.480 e. The van der Waals surface area contributed by atoms with Gasteiger partial charge in [0.2, 0.25) is 5.91 Å². The predicted molar refractivity (Wildman–Crippen MR) is 78.0 cm³/mol. The molecule has 0 aromatic heterocycles.